The van der Waals surface area contributed by atoms with Gasteiger partial charge < -0.3 is 5.32 Å². The summed E-state index contributed by atoms with van der Waals surface area (Å²) in [4.78, 5) is 15.6. The molecule has 1 N–H and O–H groups in total. The second kappa shape index (κ2) is 6.56. The summed E-state index contributed by atoms with van der Waals surface area (Å²) >= 11 is 3.23. The van der Waals surface area contributed by atoms with Crippen molar-refractivity contribution in [3.05, 3.63) is 28.5 Å². The average molecular weight is 271 g/mol. The molecule has 0 aliphatic rings. The van der Waals surface area contributed by atoms with Crippen molar-refractivity contribution in [1.29, 1.82) is 0 Å². The second-order valence-corrected chi connectivity index (χ2v) is 4.12. The monoisotopic (exact) mass is 270 g/mol. The van der Waals surface area contributed by atoms with Gasteiger partial charge in [0.15, 0.2) is 0 Å². The van der Waals surface area contributed by atoms with Crippen LogP contribution >= 0.6 is 15.9 Å². The summed E-state index contributed by atoms with van der Waals surface area (Å²) in [6, 6.07) is 5.31. The van der Waals surface area contributed by atoms with Crippen LogP contribution in [0.3, 0.4) is 0 Å². The molecule has 82 valence electrons. The molecule has 15 heavy (non-hydrogen) atoms. The number of pyridine rings is 1. The van der Waals surface area contributed by atoms with Crippen molar-refractivity contribution in [3.8, 4) is 0 Å². The summed E-state index contributed by atoms with van der Waals surface area (Å²) in [5.41, 5.74) is 0.459. The van der Waals surface area contributed by atoms with Crippen LogP contribution < -0.4 is 5.32 Å². The van der Waals surface area contributed by atoms with E-state index < -0.39 is 0 Å². The molecular formula is C11H15BrN2O. The Morgan fingerprint density at radius 1 is 1.47 bits per heavy atom. The first-order valence-electron chi connectivity index (χ1n) is 5.14. The standard InChI is InChI=1S/C11H15BrN2O/c1-2-3-4-8-13-11(15)9-6-5-7-10(12)14-9/h5-7H,2-4,8H2,1H3,(H,13,15). The molecule has 1 heterocycles. The van der Waals surface area contributed by atoms with Gasteiger partial charge in [0.25, 0.3) is 5.91 Å². The van der Waals surface area contributed by atoms with Crippen LogP contribution in [0.4, 0.5) is 0 Å². The fourth-order valence-electron chi connectivity index (χ4n) is 1.20. The molecule has 0 bridgehead atoms. The zero-order valence-electron chi connectivity index (χ0n) is 8.79. The average Bonchev–Trinajstić information content (AvgIpc) is 2.24. The molecule has 1 aromatic rings. The Kier molecular flexibility index (Phi) is 5.32. The highest BCUT2D eigenvalue weighted by molar-refractivity contribution is 9.10. The minimum absolute atomic E-state index is 0.104. The number of carbonyl (C=O) groups is 1. The van der Waals surface area contributed by atoms with E-state index in [0.29, 0.717) is 10.3 Å². The molecule has 0 aliphatic heterocycles. The number of aromatic nitrogens is 1. The van der Waals surface area contributed by atoms with Crippen molar-refractivity contribution < 1.29 is 4.79 Å². The maximum atomic E-state index is 11.6. The molecule has 4 heteroatoms. The fraction of sp³-hybridized carbons (Fsp3) is 0.455. The van der Waals surface area contributed by atoms with Crippen LogP contribution in [0.2, 0.25) is 0 Å². The summed E-state index contributed by atoms with van der Waals surface area (Å²) < 4.78 is 0.684. The van der Waals surface area contributed by atoms with Gasteiger partial charge >= 0.3 is 0 Å². The lowest BCUT2D eigenvalue weighted by molar-refractivity contribution is 0.0948. The largest absolute Gasteiger partial charge is 0.351 e. The summed E-state index contributed by atoms with van der Waals surface area (Å²) in [6.07, 6.45) is 3.33. The van der Waals surface area contributed by atoms with E-state index >= 15 is 0 Å². The van der Waals surface area contributed by atoms with Gasteiger partial charge in [-0.2, -0.15) is 0 Å². The Morgan fingerprint density at radius 3 is 2.93 bits per heavy atom. The maximum absolute atomic E-state index is 11.6. The molecule has 0 aromatic carbocycles. The van der Waals surface area contributed by atoms with Crippen LogP contribution in [0, 0.1) is 0 Å². The zero-order chi connectivity index (χ0) is 11.1. The van der Waals surface area contributed by atoms with Crippen molar-refractivity contribution in [2.45, 2.75) is 26.2 Å². The van der Waals surface area contributed by atoms with Crippen molar-refractivity contribution in [2.75, 3.05) is 6.54 Å². The Morgan fingerprint density at radius 2 is 2.27 bits per heavy atom. The van der Waals surface area contributed by atoms with E-state index in [0.717, 1.165) is 25.8 Å². The number of amides is 1. The van der Waals surface area contributed by atoms with Gasteiger partial charge in [-0.1, -0.05) is 25.8 Å². The molecule has 0 radical (unpaired) electrons. The number of rotatable bonds is 5. The number of nitrogens with zero attached hydrogens (tertiary/aromatic N) is 1. The zero-order valence-corrected chi connectivity index (χ0v) is 10.4. The maximum Gasteiger partial charge on any atom is 0.269 e. The van der Waals surface area contributed by atoms with E-state index in [1.807, 2.05) is 0 Å². The number of halogens is 1. The molecule has 0 fully saturated rings. The number of nitrogens with one attached hydrogen (secondary N) is 1. The van der Waals surface area contributed by atoms with Crippen LogP contribution in [-0.2, 0) is 0 Å². The lowest BCUT2D eigenvalue weighted by Crippen LogP contribution is -2.25. The SMILES string of the molecule is CCCCCNC(=O)c1cccc(Br)n1. The number of hydrogen-bond donors (Lipinski definition) is 1. The Labute approximate surface area is 98.4 Å². The Bertz CT molecular complexity index is 328. The summed E-state index contributed by atoms with van der Waals surface area (Å²) in [6.45, 7) is 2.86. The number of hydrogen-bond acceptors (Lipinski definition) is 2. The van der Waals surface area contributed by atoms with Crippen molar-refractivity contribution in [2.24, 2.45) is 0 Å². The highest BCUT2D eigenvalue weighted by Gasteiger charge is 2.05. The molecule has 0 saturated heterocycles. The van der Waals surface area contributed by atoms with E-state index in [1.165, 1.54) is 0 Å². The van der Waals surface area contributed by atoms with Crippen LogP contribution in [0.5, 0.6) is 0 Å². The number of unbranched alkanes of at least 4 members (excludes halogenated alkanes) is 2. The highest BCUT2D eigenvalue weighted by Crippen LogP contribution is 2.06. The minimum atomic E-state index is -0.104. The van der Waals surface area contributed by atoms with E-state index in [4.69, 9.17) is 0 Å². The molecule has 1 amide bonds. The second-order valence-electron chi connectivity index (χ2n) is 3.31. The molecule has 0 spiro atoms. The van der Waals surface area contributed by atoms with Crippen molar-refractivity contribution >= 4 is 21.8 Å². The van der Waals surface area contributed by atoms with Gasteiger partial charge in [0, 0.05) is 6.54 Å². The summed E-state index contributed by atoms with van der Waals surface area (Å²) in [5.74, 6) is -0.104. The smallest absolute Gasteiger partial charge is 0.269 e. The van der Waals surface area contributed by atoms with Gasteiger partial charge in [-0.25, -0.2) is 4.98 Å². The predicted octanol–water partition coefficient (Wildman–Crippen LogP) is 2.76. The molecule has 1 aromatic heterocycles. The third-order valence-electron chi connectivity index (χ3n) is 2.01. The molecular weight excluding hydrogens is 256 g/mol. The molecule has 3 nitrogen and oxygen atoms in total. The van der Waals surface area contributed by atoms with Crippen LogP contribution in [0.25, 0.3) is 0 Å². The summed E-state index contributed by atoms with van der Waals surface area (Å²) in [7, 11) is 0. The predicted molar refractivity (Wildman–Crippen MR) is 63.8 cm³/mol. The van der Waals surface area contributed by atoms with E-state index in [-0.39, 0.29) is 5.91 Å². The normalized spacial score (nSPS) is 10.0. The molecule has 0 aliphatic carbocycles. The molecule has 1 rings (SSSR count). The Balaban J connectivity index is 2.40. The fourth-order valence-corrected chi connectivity index (χ4v) is 1.55. The Hall–Kier alpha value is -0.900. The highest BCUT2D eigenvalue weighted by atomic mass is 79.9. The van der Waals surface area contributed by atoms with Crippen LogP contribution in [0.15, 0.2) is 22.8 Å². The van der Waals surface area contributed by atoms with E-state index in [9.17, 15) is 4.79 Å². The number of carbonyl (C=O) groups excluding carboxylic acids is 1. The van der Waals surface area contributed by atoms with E-state index in [1.54, 1.807) is 18.2 Å². The molecule has 0 atom stereocenters. The van der Waals surface area contributed by atoms with Crippen LogP contribution in [-0.4, -0.2) is 17.4 Å². The van der Waals surface area contributed by atoms with Crippen molar-refractivity contribution in [3.63, 3.8) is 0 Å². The van der Waals surface area contributed by atoms with Crippen LogP contribution in [0.1, 0.15) is 36.7 Å². The topological polar surface area (TPSA) is 42.0 Å². The summed E-state index contributed by atoms with van der Waals surface area (Å²) in [5, 5.41) is 2.84. The third kappa shape index (κ3) is 4.42. The lowest BCUT2D eigenvalue weighted by atomic mass is 10.2. The van der Waals surface area contributed by atoms with Gasteiger partial charge in [-0.3, -0.25) is 4.79 Å². The van der Waals surface area contributed by atoms with Gasteiger partial charge in [0.05, 0.1) is 0 Å². The van der Waals surface area contributed by atoms with Gasteiger partial charge in [-0.05, 0) is 34.5 Å². The minimum Gasteiger partial charge on any atom is -0.351 e. The molecule has 0 unspecified atom stereocenters. The van der Waals surface area contributed by atoms with Gasteiger partial charge in [0.1, 0.15) is 10.3 Å². The first-order chi connectivity index (χ1) is 7.24. The van der Waals surface area contributed by atoms with Crippen molar-refractivity contribution in [1.82, 2.24) is 10.3 Å². The first-order valence-corrected chi connectivity index (χ1v) is 5.94. The van der Waals surface area contributed by atoms with E-state index in [2.05, 4.69) is 33.2 Å². The molecule has 0 saturated carbocycles. The quantitative estimate of drug-likeness (QED) is 0.661. The first kappa shape index (κ1) is 12.2. The lowest BCUT2D eigenvalue weighted by Gasteiger charge is -2.03. The third-order valence-corrected chi connectivity index (χ3v) is 2.46. The van der Waals surface area contributed by atoms with Gasteiger partial charge in [0.2, 0.25) is 0 Å². The van der Waals surface area contributed by atoms with Gasteiger partial charge in [-0.15, -0.1) is 0 Å².